The molecule has 1 heterocycles. The van der Waals surface area contributed by atoms with Gasteiger partial charge in [0.05, 0.1) is 13.2 Å². The van der Waals surface area contributed by atoms with Crippen molar-refractivity contribution < 1.29 is 9.90 Å². The van der Waals surface area contributed by atoms with Gasteiger partial charge in [-0.05, 0) is 12.8 Å². The molecule has 0 spiro atoms. The van der Waals surface area contributed by atoms with Gasteiger partial charge in [0.1, 0.15) is 5.82 Å². The molecule has 108 valence electrons. The highest BCUT2D eigenvalue weighted by atomic mass is 16.3. The van der Waals surface area contributed by atoms with Crippen molar-refractivity contribution in [1.29, 1.82) is 0 Å². The highest BCUT2D eigenvalue weighted by molar-refractivity contribution is 5.78. The predicted octanol–water partition coefficient (Wildman–Crippen LogP) is 1.95. The number of carbonyl (C=O) groups is 1. The van der Waals surface area contributed by atoms with Crippen LogP contribution in [0.1, 0.15) is 45.4 Å². The van der Waals surface area contributed by atoms with E-state index in [1.165, 1.54) is 0 Å². The molecule has 0 saturated carbocycles. The van der Waals surface area contributed by atoms with Crippen LogP contribution in [0.15, 0.2) is 12.4 Å². The molecule has 0 unspecified atom stereocenters. The summed E-state index contributed by atoms with van der Waals surface area (Å²) in [6, 6.07) is 0. The quantitative estimate of drug-likeness (QED) is 0.718. The molecule has 0 saturated heterocycles. The first-order valence-electron chi connectivity index (χ1n) is 7.10. The summed E-state index contributed by atoms with van der Waals surface area (Å²) in [6.45, 7) is 4.98. The molecule has 1 rings (SSSR count). The summed E-state index contributed by atoms with van der Waals surface area (Å²) in [5.41, 5.74) is 0. The largest absolute Gasteiger partial charge is 0.395 e. The Morgan fingerprint density at radius 3 is 2.58 bits per heavy atom. The lowest BCUT2D eigenvalue weighted by molar-refractivity contribution is -0.137. The van der Waals surface area contributed by atoms with E-state index in [4.69, 9.17) is 5.11 Å². The number of amides is 1. The van der Waals surface area contributed by atoms with Crippen molar-refractivity contribution in [1.82, 2.24) is 14.9 Å². The van der Waals surface area contributed by atoms with Gasteiger partial charge in [-0.2, -0.15) is 0 Å². The average Bonchev–Trinajstić information content (AvgIpc) is 2.90. The zero-order chi connectivity index (χ0) is 14.1. The van der Waals surface area contributed by atoms with Crippen LogP contribution in [-0.4, -0.2) is 39.0 Å². The smallest absolute Gasteiger partial charge is 0.226 e. The van der Waals surface area contributed by atoms with Gasteiger partial charge in [0.25, 0.3) is 0 Å². The van der Waals surface area contributed by atoms with Crippen LogP contribution in [0.5, 0.6) is 0 Å². The predicted molar refractivity (Wildman–Crippen MR) is 74.4 cm³/mol. The van der Waals surface area contributed by atoms with E-state index >= 15 is 0 Å². The van der Waals surface area contributed by atoms with E-state index in [1.54, 1.807) is 17.3 Å². The van der Waals surface area contributed by atoms with Crippen LogP contribution >= 0.6 is 0 Å². The first-order valence-corrected chi connectivity index (χ1v) is 7.10. The molecule has 5 nitrogen and oxygen atoms in total. The zero-order valence-corrected chi connectivity index (χ0v) is 11.9. The number of nitrogens with zero attached hydrogens (tertiary/aromatic N) is 2. The van der Waals surface area contributed by atoms with Crippen LogP contribution < -0.4 is 0 Å². The molecule has 1 amide bonds. The van der Waals surface area contributed by atoms with Crippen LogP contribution in [0.3, 0.4) is 0 Å². The van der Waals surface area contributed by atoms with Crippen molar-refractivity contribution in [3.8, 4) is 0 Å². The van der Waals surface area contributed by atoms with Gasteiger partial charge in [0, 0.05) is 24.9 Å². The maximum absolute atomic E-state index is 12.5. The molecule has 5 heteroatoms. The van der Waals surface area contributed by atoms with Crippen molar-refractivity contribution in [2.45, 2.75) is 46.1 Å². The highest BCUT2D eigenvalue weighted by Crippen LogP contribution is 2.17. The molecule has 0 bridgehead atoms. The second-order valence-electron chi connectivity index (χ2n) is 4.79. The number of imidazole rings is 1. The summed E-state index contributed by atoms with van der Waals surface area (Å²) in [4.78, 5) is 21.4. The monoisotopic (exact) mass is 267 g/mol. The van der Waals surface area contributed by atoms with E-state index in [2.05, 4.69) is 23.8 Å². The number of rotatable bonds is 9. The summed E-state index contributed by atoms with van der Waals surface area (Å²) in [5.74, 6) is 0.958. The lowest BCUT2D eigenvalue weighted by atomic mass is 9.96. The molecule has 0 aliphatic carbocycles. The average molecular weight is 267 g/mol. The van der Waals surface area contributed by atoms with Crippen molar-refractivity contribution >= 4 is 5.91 Å². The van der Waals surface area contributed by atoms with Gasteiger partial charge in [-0.1, -0.05) is 26.7 Å². The van der Waals surface area contributed by atoms with Crippen molar-refractivity contribution in [2.24, 2.45) is 5.92 Å². The minimum Gasteiger partial charge on any atom is -0.395 e. The van der Waals surface area contributed by atoms with Crippen LogP contribution in [0, 0.1) is 5.92 Å². The Morgan fingerprint density at radius 2 is 2.11 bits per heavy atom. The van der Waals surface area contributed by atoms with Crippen LogP contribution in [0.25, 0.3) is 0 Å². The summed E-state index contributed by atoms with van der Waals surface area (Å²) in [5, 5.41) is 9.13. The van der Waals surface area contributed by atoms with Gasteiger partial charge in [-0.15, -0.1) is 0 Å². The number of hydrogen-bond donors (Lipinski definition) is 2. The Labute approximate surface area is 115 Å². The van der Waals surface area contributed by atoms with E-state index in [0.717, 1.165) is 31.5 Å². The molecule has 19 heavy (non-hydrogen) atoms. The zero-order valence-electron chi connectivity index (χ0n) is 11.9. The number of aliphatic hydroxyl groups excluding tert-OH is 1. The number of aromatic nitrogens is 2. The van der Waals surface area contributed by atoms with Crippen LogP contribution in [0.2, 0.25) is 0 Å². The third kappa shape index (κ3) is 5.03. The Morgan fingerprint density at radius 1 is 1.42 bits per heavy atom. The topological polar surface area (TPSA) is 69.2 Å². The van der Waals surface area contributed by atoms with Crippen molar-refractivity contribution in [2.75, 3.05) is 13.2 Å². The fraction of sp³-hybridized carbons (Fsp3) is 0.714. The second kappa shape index (κ2) is 8.69. The van der Waals surface area contributed by atoms with Gasteiger partial charge in [-0.3, -0.25) is 4.79 Å². The van der Waals surface area contributed by atoms with Crippen molar-refractivity contribution in [3.63, 3.8) is 0 Å². The van der Waals surface area contributed by atoms with Gasteiger partial charge in [0.15, 0.2) is 0 Å². The Hall–Kier alpha value is -1.36. The van der Waals surface area contributed by atoms with E-state index < -0.39 is 0 Å². The first kappa shape index (κ1) is 15.7. The van der Waals surface area contributed by atoms with Gasteiger partial charge < -0.3 is 15.0 Å². The number of hydrogen-bond acceptors (Lipinski definition) is 3. The number of aromatic amines is 1. The fourth-order valence-electron chi connectivity index (χ4n) is 2.30. The van der Waals surface area contributed by atoms with E-state index in [0.29, 0.717) is 13.1 Å². The molecule has 0 aliphatic rings. The highest BCUT2D eigenvalue weighted by Gasteiger charge is 2.23. The third-order valence-corrected chi connectivity index (χ3v) is 3.20. The maximum Gasteiger partial charge on any atom is 0.226 e. The molecule has 0 radical (unpaired) electrons. The summed E-state index contributed by atoms with van der Waals surface area (Å²) in [6.07, 6.45) is 7.24. The second-order valence-corrected chi connectivity index (χ2v) is 4.79. The molecule has 1 aromatic heterocycles. The number of aliphatic hydroxyl groups is 1. The molecule has 1 aromatic rings. The van der Waals surface area contributed by atoms with E-state index in [1.807, 2.05) is 0 Å². The summed E-state index contributed by atoms with van der Waals surface area (Å²) < 4.78 is 0. The Balaban J connectivity index is 2.69. The van der Waals surface area contributed by atoms with E-state index in [-0.39, 0.29) is 18.4 Å². The maximum atomic E-state index is 12.5. The lowest BCUT2D eigenvalue weighted by Crippen LogP contribution is -2.38. The summed E-state index contributed by atoms with van der Waals surface area (Å²) >= 11 is 0. The molecular weight excluding hydrogens is 242 g/mol. The Kier molecular flexibility index (Phi) is 7.18. The summed E-state index contributed by atoms with van der Waals surface area (Å²) in [7, 11) is 0. The molecule has 0 aliphatic heterocycles. The number of nitrogens with one attached hydrogen (secondary N) is 1. The number of carbonyl (C=O) groups excluding carboxylic acids is 1. The standard InChI is InChI=1S/C14H25N3O2/c1-3-5-12(6-4-2)14(19)17(9-10-18)11-13-15-7-8-16-13/h7-8,12,18H,3-6,9-11H2,1-2H3,(H,15,16). The van der Waals surface area contributed by atoms with Gasteiger partial charge in [0.2, 0.25) is 5.91 Å². The molecule has 2 N–H and O–H groups in total. The van der Waals surface area contributed by atoms with Gasteiger partial charge >= 0.3 is 0 Å². The van der Waals surface area contributed by atoms with Crippen LogP contribution in [0.4, 0.5) is 0 Å². The lowest BCUT2D eigenvalue weighted by Gasteiger charge is -2.26. The molecular formula is C14H25N3O2. The number of H-pyrrole nitrogens is 1. The minimum atomic E-state index is -0.0164. The van der Waals surface area contributed by atoms with E-state index in [9.17, 15) is 4.79 Å². The minimum absolute atomic E-state index is 0.0164. The molecule has 0 aromatic carbocycles. The van der Waals surface area contributed by atoms with Gasteiger partial charge in [-0.25, -0.2) is 4.98 Å². The third-order valence-electron chi connectivity index (χ3n) is 3.20. The SMILES string of the molecule is CCCC(CCC)C(=O)N(CCO)Cc1ncc[nH]1. The van der Waals surface area contributed by atoms with Crippen molar-refractivity contribution in [3.05, 3.63) is 18.2 Å². The first-order chi connectivity index (χ1) is 9.22. The molecule has 0 atom stereocenters. The normalized spacial score (nSPS) is 10.9. The molecule has 0 fully saturated rings. The fourth-order valence-corrected chi connectivity index (χ4v) is 2.30. The Bertz CT molecular complexity index is 346. The van der Waals surface area contributed by atoms with Crippen LogP contribution in [-0.2, 0) is 11.3 Å².